The lowest BCUT2D eigenvalue weighted by atomic mass is 9.96. The molecular formula is C20H31IN6O. The van der Waals surface area contributed by atoms with Gasteiger partial charge in [0.25, 0.3) is 0 Å². The highest BCUT2D eigenvalue weighted by molar-refractivity contribution is 14.0. The number of nitrogens with zero attached hydrogens (tertiary/aromatic N) is 4. The van der Waals surface area contributed by atoms with Crippen LogP contribution in [0.2, 0.25) is 0 Å². The molecule has 0 amide bonds. The van der Waals surface area contributed by atoms with E-state index in [1.54, 1.807) is 6.26 Å². The maximum atomic E-state index is 5.43. The molecule has 2 aliphatic rings. The molecule has 1 saturated carbocycles. The number of aryl methyl sites for hydroxylation is 2. The van der Waals surface area contributed by atoms with Crippen molar-refractivity contribution in [3.8, 4) is 0 Å². The number of furan rings is 1. The predicted octanol–water partition coefficient (Wildman–Crippen LogP) is 3.74. The van der Waals surface area contributed by atoms with E-state index in [2.05, 4.69) is 20.7 Å². The Morgan fingerprint density at radius 2 is 2.07 bits per heavy atom. The van der Waals surface area contributed by atoms with Gasteiger partial charge in [-0.05, 0) is 44.7 Å². The van der Waals surface area contributed by atoms with E-state index in [0.717, 1.165) is 49.2 Å². The molecule has 8 heteroatoms. The number of aromatic nitrogens is 3. The van der Waals surface area contributed by atoms with Crippen molar-refractivity contribution in [3.63, 3.8) is 0 Å². The van der Waals surface area contributed by atoms with Crippen molar-refractivity contribution < 1.29 is 4.42 Å². The minimum Gasteiger partial charge on any atom is -0.469 e. The van der Waals surface area contributed by atoms with Crippen LogP contribution in [0.15, 0.2) is 27.8 Å². The van der Waals surface area contributed by atoms with Gasteiger partial charge >= 0.3 is 0 Å². The first kappa shape index (κ1) is 21.1. The van der Waals surface area contributed by atoms with E-state index in [4.69, 9.17) is 9.41 Å². The summed E-state index contributed by atoms with van der Waals surface area (Å²) in [6.45, 7) is 3.62. The molecule has 3 heterocycles. The normalized spacial score (nSPS) is 20.3. The van der Waals surface area contributed by atoms with Crippen LogP contribution < -0.4 is 10.6 Å². The fraction of sp³-hybridized carbons (Fsp3) is 0.650. The van der Waals surface area contributed by atoms with E-state index < -0.39 is 0 Å². The van der Waals surface area contributed by atoms with E-state index in [9.17, 15) is 0 Å². The van der Waals surface area contributed by atoms with E-state index >= 15 is 0 Å². The van der Waals surface area contributed by atoms with Crippen molar-refractivity contribution in [2.45, 2.75) is 76.9 Å². The summed E-state index contributed by atoms with van der Waals surface area (Å²) in [5.74, 6) is 3.74. The van der Waals surface area contributed by atoms with E-state index in [1.165, 1.54) is 32.1 Å². The molecule has 2 N–H and O–H groups in total. The summed E-state index contributed by atoms with van der Waals surface area (Å²) in [4.78, 5) is 9.49. The number of hydrogen-bond donors (Lipinski definition) is 2. The maximum Gasteiger partial charge on any atom is 0.192 e. The minimum atomic E-state index is 0. The third-order valence-corrected chi connectivity index (χ3v) is 5.45. The molecule has 154 valence electrons. The Balaban J connectivity index is 0.00000225. The molecule has 0 radical (unpaired) electrons. The third kappa shape index (κ3) is 5.48. The first-order valence-corrected chi connectivity index (χ1v) is 10.3. The second-order valence-corrected chi connectivity index (χ2v) is 7.62. The number of nitrogens with one attached hydrogen (secondary N) is 2. The fourth-order valence-corrected chi connectivity index (χ4v) is 4.08. The lowest BCUT2D eigenvalue weighted by Gasteiger charge is -2.29. The Kier molecular flexibility index (Phi) is 7.75. The molecule has 28 heavy (non-hydrogen) atoms. The molecule has 1 aliphatic carbocycles. The van der Waals surface area contributed by atoms with Crippen LogP contribution >= 0.6 is 24.0 Å². The van der Waals surface area contributed by atoms with Crippen molar-refractivity contribution in [2.24, 2.45) is 4.99 Å². The zero-order valence-electron chi connectivity index (χ0n) is 16.6. The highest BCUT2D eigenvalue weighted by atomic mass is 127. The van der Waals surface area contributed by atoms with Crippen molar-refractivity contribution in [2.75, 3.05) is 6.54 Å². The predicted molar refractivity (Wildman–Crippen MR) is 120 cm³/mol. The topological polar surface area (TPSA) is 80.3 Å². The molecule has 7 nitrogen and oxygen atoms in total. The Morgan fingerprint density at radius 3 is 2.86 bits per heavy atom. The van der Waals surface area contributed by atoms with Crippen LogP contribution in [0.3, 0.4) is 0 Å². The summed E-state index contributed by atoms with van der Waals surface area (Å²) >= 11 is 0. The van der Waals surface area contributed by atoms with E-state index in [1.807, 2.05) is 23.7 Å². The van der Waals surface area contributed by atoms with Gasteiger partial charge in [0.05, 0.1) is 12.3 Å². The zero-order valence-corrected chi connectivity index (χ0v) is 18.9. The van der Waals surface area contributed by atoms with Crippen molar-refractivity contribution in [3.05, 3.63) is 35.8 Å². The lowest BCUT2D eigenvalue weighted by Crippen LogP contribution is -2.46. The average Bonchev–Trinajstić information content (AvgIpc) is 3.32. The van der Waals surface area contributed by atoms with Crippen molar-refractivity contribution in [1.82, 2.24) is 25.4 Å². The van der Waals surface area contributed by atoms with Crippen LogP contribution in [-0.2, 0) is 13.0 Å². The summed E-state index contributed by atoms with van der Waals surface area (Å²) in [7, 11) is 0. The molecule has 4 rings (SSSR count). The SMILES string of the molecule is Cc1nc2n(n1)CCCC2NC(=NCCc1ccco1)NC1CCCCC1.I. The average molecular weight is 498 g/mol. The van der Waals surface area contributed by atoms with Crippen molar-refractivity contribution >= 4 is 29.9 Å². The van der Waals surface area contributed by atoms with Crippen LogP contribution in [-0.4, -0.2) is 33.3 Å². The third-order valence-electron chi connectivity index (χ3n) is 5.45. The maximum absolute atomic E-state index is 5.43. The van der Waals surface area contributed by atoms with Gasteiger partial charge < -0.3 is 15.1 Å². The monoisotopic (exact) mass is 498 g/mol. The molecule has 1 atom stereocenters. The van der Waals surface area contributed by atoms with Gasteiger partial charge in [0.1, 0.15) is 17.4 Å². The molecule has 1 unspecified atom stereocenters. The van der Waals surface area contributed by atoms with E-state index in [-0.39, 0.29) is 30.0 Å². The van der Waals surface area contributed by atoms with Gasteiger partial charge in [0.15, 0.2) is 5.96 Å². The summed E-state index contributed by atoms with van der Waals surface area (Å²) in [5.41, 5.74) is 0. The summed E-state index contributed by atoms with van der Waals surface area (Å²) in [6.07, 6.45) is 11.1. The number of rotatable bonds is 5. The Morgan fingerprint density at radius 1 is 1.21 bits per heavy atom. The number of hydrogen-bond acceptors (Lipinski definition) is 4. The summed E-state index contributed by atoms with van der Waals surface area (Å²) in [5, 5.41) is 11.8. The lowest BCUT2D eigenvalue weighted by molar-refractivity contribution is 0.383. The molecule has 0 saturated heterocycles. The zero-order chi connectivity index (χ0) is 18.5. The number of aliphatic imine (C=N–C) groups is 1. The molecule has 0 bridgehead atoms. The molecule has 0 spiro atoms. The Bertz CT molecular complexity index is 751. The fourth-order valence-electron chi connectivity index (χ4n) is 4.08. The summed E-state index contributed by atoms with van der Waals surface area (Å²) < 4.78 is 7.47. The summed E-state index contributed by atoms with van der Waals surface area (Å²) in [6, 6.07) is 4.61. The quantitative estimate of drug-likeness (QED) is 0.373. The molecule has 0 aromatic carbocycles. The minimum absolute atomic E-state index is 0. The van der Waals surface area contributed by atoms with Gasteiger partial charge in [0, 0.05) is 25.6 Å². The molecule has 1 fully saturated rings. The van der Waals surface area contributed by atoms with Gasteiger partial charge in [-0.25, -0.2) is 9.67 Å². The van der Waals surface area contributed by atoms with Gasteiger partial charge in [-0.15, -0.1) is 24.0 Å². The van der Waals surface area contributed by atoms with Crippen LogP contribution in [0, 0.1) is 6.92 Å². The van der Waals surface area contributed by atoms with E-state index in [0.29, 0.717) is 12.6 Å². The van der Waals surface area contributed by atoms with Crippen molar-refractivity contribution in [1.29, 1.82) is 0 Å². The smallest absolute Gasteiger partial charge is 0.192 e. The molecular weight excluding hydrogens is 467 g/mol. The Labute approximate surface area is 183 Å². The second kappa shape index (κ2) is 10.3. The standard InChI is InChI=1S/C20H30N6O.HI/c1-15-22-19-18(10-5-13-26(19)25-15)24-20(23-16-7-3-2-4-8-16)21-12-11-17-9-6-14-27-17;/h6,9,14,16,18H,2-5,7-8,10-13H2,1H3,(H2,21,23,24);1H. The first-order valence-electron chi connectivity index (χ1n) is 10.3. The van der Waals surface area contributed by atoms with Crippen LogP contribution in [0.25, 0.3) is 0 Å². The van der Waals surface area contributed by atoms with Crippen LogP contribution in [0.4, 0.5) is 0 Å². The highest BCUT2D eigenvalue weighted by Crippen LogP contribution is 2.23. The number of halogens is 1. The van der Waals surface area contributed by atoms with Gasteiger partial charge in [-0.3, -0.25) is 4.99 Å². The number of fused-ring (bicyclic) bond motifs is 1. The molecule has 2 aromatic rings. The van der Waals surface area contributed by atoms with Gasteiger partial charge in [-0.1, -0.05) is 19.3 Å². The number of guanidine groups is 1. The van der Waals surface area contributed by atoms with Crippen LogP contribution in [0.1, 0.15) is 68.4 Å². The first-order chi connectivity index (χ1) is 13.3. The Hall–Kier alpha value is -1.58. The molecule has 1 aliphatic heterocycles. The van der Waals surface area contributed by atoms with Crippen LogP contribution in [0.5, 0.6) is 0 Å². The van der Waals surface area contributed by atoms with Gasteiger partial charge in [-0.2, -0.15) is 5.10 Å². The molecule has 2 aromatic heterocycles. The largest absolute Gasteiger partial charge is 0.469 e. The highest BCUT2D eigenvalue weighted by Gasteiger charge is 2.25. The van der Waals surface area contributed by atoms with Gasteiger partial charge in [0.2, 0.25) is 0 Å². The second-order valence-electron chi connectivity index (χ2n) is 7.62.